The van der Waals surface area contributed by atoms with E-state index in [1.54, 1.807) is 11.0 Å². The molecule has 7 heteroatoms. The van der Waals surface area contributed by atoms with Crippen molar-refractivity contribution in [1.29, 1.82) is 0 Å². The third-order valence-electron chi connectivity index (χ3n) is 4.60. The predicted molar refractivity (Wildman–Crippen MR) is 101 cm³/mol. The summed E-state index contributed by atoms with van der Waals surface area (Å²) in [6, 6.07) is 14.2. The van der Waals surface area contributed by atoms with Crippen molar-refractivity contribution >= 4 is 23.0 Å². The van der Waals surface area contributed by atoms with Gasteiger partial charge in [0.2, 0.25) is 0 Å². The molecule has 0 unspecified atom stereocenters. The molecule has 2 aromatic carbocycles. The molecule has 1 aliphatic heterocycles. The molecule has 1 aromatic heterocycles. The smallest absolute Gasteiger partial charge is 0.354 e. The van der Waals surface area contributed by atoms with Crippen molar-refractivity contribution in [2.45, 2.75) is 12.6 Å². The number of amides is 1. The fourth-order valence-electron chi connectivity index (χ4n) is 3.27. The lowest BCUT2D eigenvalue weighted by atomic mass is 10.1. The minimum Gasteiger partial charge on any atom is -0.354 e. The van der Waals surface area contributed by atoms with Gasteiger partial charge in [0.25, 0.3) is 5.91 Å². The zero-order valence-electron chi connectivity index (χ0n) is 14.7. The fraction of sp³-hybridized carbons (Fsp3) is 0.143. The number of hydrogen-bond acceptors (Lipinski definition) is 3. The van der Waals surface area contributed by atoms with Crippen LogP contribution in [0, 0.1) is 0 Å². The average Bonchev–Trinajstić information content (AvgIpc) is 3.11. The second kappa shape index (κ2) is 6.99. The topological polar surface area (TPSA) is 45.2 Å². The Morgan fingerprint density at radius 1 is 1.00 bits per heavy atom. The van der Waals surface area contributed by atoms with Gasteiger partial charge in [0.05, 0.1) is 23.0 Å². The second-order valence-corrected chi connectivity index (χ2v) is 6.50. The monoisotopic (exact) mass is 383 g/mol. The molecule has 0 aliphatic carbocycles. The van der Waals surface area contributed by atoms with Gasteiger partial charge in [-0.15, -0.1) is 0 Å². The van der Waals surface area contributed by atoms with Crippen LogP contribution >= 0.6 is 0 Å². The molecule has 0 saturated heterocycles. The van der Waals surface area contributed by atoms with Gasteiger partial charge >= 0.3 is 6.18 Å². The molecule has 3 aromatic rings. The van der Waals surface area contributed by atoms with E-state index in [4.69, 9.17) is 0 Å². The third kappa shape index (κ3) is 3.55. The minimum absolute atomic E-state index is 0.190. The van der Waals surface area contributed by atoms with Crippen molar-refractivity contribution in [2.24, 2.45) is 0 Å². The number of carbonyl (C=O) groups excluding carboxylic acids is 1. The summed E-state index contributed by atoms with van der Waals surface area (Å²) in [4.78, 5) is 18.7. The maximum Gasteiger partial charge on any atom is 0.416 e. The van der Waals surface area contributed by atoms with Crippen molar-refractivity contribution < 1.29 is 18.0 Å². The number of hydrogen-bond donors (Lipinski definition) is 1. The van der Waals surface area contributed by atoms with Crippen molar-refractivity contribution in [3.05, 3.63) is 83.7 Å². The van der Waals surface area contributed by atoms with Crippen molar-refractivity contribution in [1.82, 2.24) is 4.98 Å². The van der Waals surface area contributed by atoms with Gasteiger partial charge in [-0.1, -0.05) is 24.3 Å². The number of benzene rings is 2. The van der Waals surface area contributed by atoms with Crippen molar-refractivity contribution in [2.75, 3.05) is 16.8 Å². The summed E-state index contributed by atoms with van der Waals surface area (Å²) >= 11 is 0. The van der Waals surface area contributed by atoms with E-state index in [9.17, 15) is 18.0 Å². The van der Waals surface area contributed by atoms with Gasteiger partial charge in [0.15, 0.2) is 0 Å². The van der Waals surface area contributed by atoms with E-state index in [-0.39, 0.29) is 11.6 Å². The van der Waals surface area contributed by atoms with Gasteiger partial charge in [-0.25, -0.2) is 0 Å². The number of alkyl halides is 3. The molecule has 0 spiro atoms. The highest BCUT2D eigenvalue weighted by Crippen LogP contribution is 2.32. The first-order valence-corrected chi connectivity index (χ1v) is 8.71. The standard InChI is InChI=1S/C21H16F3N3O/c22-21(23,24)16-5-3-6-17(11-16)26-18-10-15(12-25-13-18)20(28)27-9-8-14-4-1-2-7-19(14)27/h1-7,10-13,26H,8-9H2. The van der Waals surface area contributed by atoms with Gasteiger partial charge in [-0.05, 0) is 42.3 Å². The van der Waals surface area contributed by atoms with Crippen LogP contribution < -0.4 is 10.2 Å². The quantitative estimate of drug-likeness (QED) is 0.689. The molecule has 2 heterocycles. The molecule has 0 saturated carbocycles. The van der Waals surface area contributed by atoms with Crippen LogP contribution in [0.15, 0.2) is 67.0 Å². The Kier molecular flexibility index (Phi) is 4.50. The minimum atomic E-state index is -4.42. The van der Waals surface area contributed by atoms with E-state index in [2.05, 4.69) is 10.3 Å². The number of para-hydroxylation sites is 1. The molecule has 4 rings (SSSR count). The molecule has 1 N–H and O–H groups in total. The second-order valence-electron chi connectivity index (χ2n) is 6.50. The molecule has 1 aliphatic rings. The zero-order valence-corrected chi connectivity index (χ0v) is 14.7. The molecule has 0 bridgehead atoms. The van der Waals surface area contributed by atoms with Crippen LogP contribution in [0.1, 0.15) is 21.5 Å². The summed E-state index contributed by atoms with van der Waals surface area (Å²) in [7, 11) is 0. The zero-order chi connectivity index (χ0) is 19.7. The molecule has 0 atom stereocenters. The fourth-order valence-corrected chi connectivity index (χ4v) is 3.27. The number of halogens is 3. The Labute approximate surface area is 159 Å². The average molecular weight is 383 g/mol. The van der Waals surface area contributed by atoms with E-state index >= 15 is 0 Å². The highest BCUT2D eigenvalue weighted by atomic mass is 19.4. The van der Waals surface area contributed by atoms with Gasteiger partial charge in [-0.2, -0.15) is 13.2 Å². The summed E-state index contributed by atoms with van der Waals surface area (Å²) in [5.41, 5.74) is 2.33. The van der Waals surface area contributed by atoms with Crippen LogP contribution in [0.5, 0.6) is 0 Å². The highest BCUT2D eigenvalue weighted by molar-refractivity contribution is 6.07. The van der Waals surface area contributed by atoms with Gasteiger partial charge < -0.3 is 10.2 Å². The van der Waals surface area contributed by atoms with E-state index in [0.29, 0.717) is 17.8 Å². The van der Waals surface area contributed by atoms with Crippen LogP contribution in [0.3, 0.4) is 0 Å². The lowest BCUT2D eigenvalue weighted by Crippen LogP contribution is -2.29. The summed E-state index contributed by atoms with van der Waals surface area (Å²) in [6.45, 7) is 0.587. The number of aromatic nitrogens is 1. The van der Waals surface area contributed by atoms with Crippen LogP contribution in [0.25, 0.3) is 0 Å². The maximum atomic E-state index is 12.9. The van der Waals surface area contributed by atoms with Crippen molar-refractivity contribution in [3.63, 3.8) is 0 Å². The van der Waals surface area contributed by atoms with Crippen LogP contribution in [0.2, 0.25) is 0 Å². The Balaban J connectivity index is 1.57. The molecule has 1 amide bonds. The molecule has 0 fully saturated rings. The number of nitrogens with zero attached hydrogens (tertiary/aromatic N) is 2. The largest absolute Gasteiger partial charge is 0.416 e. The summed E-state index contributed by atoms with van der Waals surface area (Å²) < 4.78 is 38.6. The number of nitrogens with one attached hydrogen (secondary N) is 1. The summed E-state index contributed by atoms with van der Waals surface area (Å²) in [5, 5.41) is 2.89. The molecule has 0 radical (unpaired) electrons. The molecule has 142 valence electrons. The van der Waals surface area contributed by atoms with E-state index in [0.717, 1.165) is 29.8 Å². The normalized spacial score (nSPS) is 13.3. The van der Waals surface area contributed by atoms with Crippen molar-refractivity contribution in [3.8, 4) is 0 Å². The summed E-state index contributed by atoms with van der Waals surface area (Å²) in [6.07, 6.45) is -0.704. The van der Waals surface area contributed by atoms with Crippen LogP contribution in [-0.2, 0) is 12.6 Å². The molecular formula is C21H16F3N3O. The number of fused-ring (bicyclic) bond motifs is 1. The number of rotatable bonds is 3. The molecule has 28 heavy (non-hydrogen) atoms. The lowest BCUT2D eigenvalue weighted by Gasteiger charge is -2.17. The van der Waals surface area contributed by atoms with E-state index in [1.807, 2.05) is 24.3 Å². The predicted octanol–water partition coefficient (Wildman–Crippen LogP) is 5.05. The third-order valence-corrected chi connectivity index (χ3v) is 4.60. The first-order chi connectivity index (χ1) is 13.4. The summed E-state index contributed by atoms with van der Waals surface area (Å²) in [5.74, 6) is -0.190. The first kappa shape index (κ1) is 18.0. The number of pyridine rings is 1. The number of anilines is 3. The maximum absolute atomic E-state index is 12.9. The Bertz CT molecular complexity index is 1030. The molecular weight excluding hydrogens is 367 g/mol. The van der Waals surface area contributed by atoms with Gasteiger partial charge in [0.1, 0.15) is 0 Å². The van der Waals surface area contributed by atoms with Crippen LogP contribution in [0.4, 0.5) is 30.2 Å². The first-order valence-electron chi connectivity index (χ1n) is 8.71. The Hall–Kier alpha value is -3.35. The van der Waals surface area contributed by atoms with E-state index < -0.39 is 11.7 Å². The molecule has 4 nitrogen and oxygen atoms in total. The van der Waals surface area contributed by atoms with Crippen LogP contribution in [-0.4, -0.2) is 17.4 Å². The van der Waals surface area contributed by atoms with E-state index in [1.165, 1.54) is 24.5 Å². The highest BCUT2D eigenvalue weighted by Gasteiger charge is 2.30. The lowest BCUT2D eigenvalue weighted by molar-refractivity contribution is -0.137. The van der Waals surface area contributed by atoms with Gasteiger partial charge in [-0.3, -0.25) is 9.78 Å². The SMILES string of the molecule is O=C(c1cncc(Nc2cccc(C(F)(F)F)c2)c1)N1CCc2ccccc21. The Morgan fingerprint density at radius 3 is 2.64 bits per heavy atom. The number of carbonyl (C=O) groups is 1. The van der Waals surface area contributed by atoms with Gasteiger partial charge in [0, 0.05) is 24.1 Å². The Morgan fingerprint density at radius 2 is 1.82 bits per heavy atom.